The molecule has 0 radical (unpaired) electrons. The van der Waals surface area contributed by atoms with E-state index in [1.807, 2.05) is 6.92 Å². The Morgan fingerprint density at radius 3 is 2.87 bits per heavy atom. The van der Waals surface area contributed by atoms with Crippen LogP contribution in [-0.4, -0.2) is 18.2 Å². The molecule has 15 heavy (non-hydrogen) atoms. The van der Waals surface area contributed by atoms with E-state index >= 15 is 0 Å². The highest BCUT2D eigenvalue weighted by atomic mass is 16.5. The highest BCUT2D eigenvalue weighted by molar-refractivity contribution is 4.99. The number of oxazole rings is 1. The molecule has 1 aromatic heterocycles. The molecule has 4 nitrogen and oxygen atoms in total. The third-order valence-electron chi connectivity index (χ3n) is 2.82. The molecule has 0 saturated carbocycles. The normalized spacial score (nSPS) is 20.4. The molecular formula is C11H18N2O2. The van der Waals surface area contributed by atoms with Gasteiger partial charge in [0.15, 0.2) is 5.89 Å². The van der Waals surface area contributed by atoms with Crippen molar-refractivity contribution in [1.29, 1.82) is 0 Å². The predicted octanol–water partition coefficient (Wildman–Crippen LogP) is 1.66. The summed E-state index contributed by atoms with van der Waals surface area (Å²) in [6, 6.07) is -0.0686. The molecule has 2 heterocycles. The Morgan fingerprint density at radius 2 is 2.27 bits per heavy atom. The average Bonchev–Trinajstić information content (AvgIpc) is 2.68. The Balaban J connectivity index is 1.91. The van der Waals surface area contributed by atoms with Gasteiger partial charge < -0.3 is 14.9 Å². The molecule has 0 bridgehead atoms. The van der Waals surface area contributed by atoms with Crippen LogP contribution in [0.2, 0.25) is 0 Å². The molecule has 4 heteroatoms. The fraction of sp³-hybridized carbons (Fsp3) is 0.727. The van der Waals surface area contributed by atoms with Crippen molar-refractivity contribution in [3.8, 4) is 0 Å². The molecule has 1 saturated heterocycles. The molecule has 1 aliphatic heterocycles. The number of nitrogens with zero attached hydrogens (tertiary/aromatic N) is 1. The lowest BCUT2D eigenvalue weighted by Gasteiger charge is -2.20. The molecule has 0 aromatic carbocycles. The van der Waals surface area contributed by atoms with E-state index in [2.05, 4.69) is 4.98 Å². The van der Waals surface area contributed by atoms with E-state index in [1.165, 1.54) is 0 Å². The van der Waals surface area contributed by atoms with Gasteiger partial charge in [-0.25, -0.2) is 4.98 Å². The first-order chi connectivity index (χ1) is 7.25. The number of hydrogen-bond acceptors (Lipinski definition) is 4. The topological polar surface area (TPSA) is 61.3 Å². The van der Waals surface area contributed by atoms with Crippen LogP contribution in [0.25, 0.3) is 0 Å². The molecule has 0 spiro atoms. The second-order valence-corrected chi connectivity index (χ2v) is 4.20. The number of ether oxygens (including phenoxy) is 1. The van der Waals surface area contributed by atoms with Gasteiger partial charge in [0, 0.05) is 19.6 Å². The average molecular weight is 210 g/mol. The third-order valence-corrected chi connectivity index (χ3v) is 2.82. The summed E-state index contributed by atoms with van der Waals surface area (Å²) in [5, 5.41) is 0. The Bertz CT molecular complexity index is 303. The quantitative estimate of drug-likeness (QED) is 0.824. The molecule has 0 amide bonds. The minimum Gasteiger partial charge on any atom is -0.444 e. The molecule has 1 aliphatic rings. The Hall–Kier alpha value is -0.870. The highest BCUT2D eigenvalue weighted by Gasteiger charge is 2.17. The maximum atomic E-state index is 5.71. The van der Waals surface area contributed by atoms with Gasteiger partial charge in [-0.15, -0.1) is 0 Å². The fourth-order valence-corrected chi connectivity index (χ4v) is 1.83. The van der Waals surface area contributed by atoms with Gasteiger partial charge in [-0.3, -0.25) is 0 Å². The van der Waals surface area contributed by atoms with Crippen LogP contribution in [0.5, 0.6) is 0 Å². The molecule has 1 unspecified atom stereocenters. The fourth-order valence-electron chi connectivity index (χ4n) is 1.83. The number of aromatic nitrogens is 1. The lowest BCUT2D eigenvalue weighted by Crippen LogP contribution is -2.17. The van der Waals surface area contributed by atoms with Crippen molar-refractivity contribution in [2.45, 2.75) is 32.2 Å². The standard InChI is InChI=1S/C11H18N2O2/c1-8(12)10-7-13-11(15-10)6-9-2-4-14-5-3-9/h7-9H,2-6,12H2,1H3. The van der Waals surface area contributed by atoms with Gasteiger partial charge in [0.1, 0.15) is 5.76 Å². The summed E-state index contributed by atoms with van der Waals surface area (Å²) in [4.78, 5) is 4.24. The summed E-state index contributed by atoms with van der Waals surface area (Å²) in [5.74, 6) is 2.24. The second kappa shape index (κ2) is 4.77. The van der Waals surface area contributed by atoms with Crippen LogP contribution in [0.4, 0.5) is 0 Å². The molecule has 1 fully saturated rings. The zero-order chi connectivity index (χ0) is 10.7. The van der Waals surface area contributed by atoms with Crippen LogP contribution in [0.3, 0.4) is 0 Å². The van der Waals surface area contributed by atoms with Gasteiger partial charge in [0.2, 0.25) is 0 Å². The number of rotatable bonds is 3. The van der Waals surface area contributed by atoms with E-state index in [0.29, 0.717) is 5.92 Å². The number of hydrogen-bond donors (Lipinski definition) is 1. The van der Waals surface area contributed by atoms with Crippen LogP contribution in [0.15, 0.2) is 10.6 Å². The molecule has 2 rings (SSSR count). The SMILES string of the molecule is CC(N)c1cnc(CC2CCOCC2)o1. The van der Waals surface area contributed by atoms with E-state index < -0.39 is 0 Å². The molecular weight excluding hydrogens is 192 g/mol. The molecule has 2 N–H and O–H groups in total. The van der Waals surface area contributed by atoms with Gasteiger partial charge in [-0.2, -0.15) is 0 Å². The minimum absolute atomic E-state index is 0.0686. The summed E-state index contributed by atoms with van der Waals surface area (Å²) in [6.07, 6.45) is 4.86. The van der Waals surface area contributed by atoms with Crippen molar-refractivity contribution < 1.29 is 9.15 Å². The van der Waals surface area contributed by atoms with Crippen molar-refractivity contribution in [2.75, 3.05) is 13.2 Å². The van der Waals surface area contributed by atoms with E-state index in [0.717, 1.165) is 44.1 Å². The van der Waals surface area contributed by atoms with E-state index in [4.69, 9.17) is 14.9 Å². The lowest BCUT2D eigenvalue weighted by atomic mass is 9.97. The van der Waals surface area contributed by atoms with Gasteiger partial charge in [0.05, 0.1) is 12.2 Å². The smallest absolute Gasteiger partial charge is 0.194 e. The highest BCUT2D eigenvalue weighted by Crippen LogP contribution is 2.20. The maximum absolute atomic E-state index is 5.71. The van der Waals surface area contributed by atoms with Crippen molar-refractivity contribution in [3.05, 3.63) is 17.8 Å². The summed E-state index contributed by atoms with van der Waals surface area (Å²) in [5.41, 5.74) is 5.71. The second-order valence-electron chi connectivity index (χ2n) is 4.20. The first-order valence-corrected chi connectivity index (χ1v) is 5.53. The third kappa shape index (κ3) is 2.79. The molecule has 1 atom stereocenters. The van der Waals surface area contributed by atoms with Crippen LogP contribution in [0.1, 0.15) is 37.5 Å². The molecule has 0 aliphatic carbocycles. The number of nitrogens with two attached hydrogens (primary N) is 1. The predicted molar refractivity (Wildman–Crippen MR) is 56.4 cm³/mol. The zero-order valence-corrected chi connectivity index (χ0v) is 9.11. The first-order valence-electron chi connectivity index (χ1n) is 5.53. The summed E-state index contributed by atoms with van der Waals surface area (Å²) < 4.78 is 10.9. The van der Waals surface area contributed by atoms with Crippen molar-refractivity contribution >= 4 is 0 Å². The summed E-state index contributed by atoms with van der Waals surface area (Å²) in [7, 11) is 0. The van der Waals surface area contributed by atoms with Crippen LogP contribution < -0.4 is 5.73 Å². The Labute approximate surface area is 89.8 Å². The lowest BCUT2D eigenvalue weighted by molar-refractivity contribution is 0.0645. The van der Waals surface area contributed by atoms with Gasteiger partial charge in [-0.05, 0) is 25.7 Å². The van der Waals surface area contributed by atoms with Crippen LogP contribution >= 0.6 is 0 Å². The Kier molecular flexibility index (Phi) is 3.38. The van der Waals surface area contributed by atoms with Gasteiger partial charge in [-0.1, -0.05) is 0 Å². The van der Waals surface area contributed by atoms with Gasteiger partial charge >= 0.3 is 0 Å². The van der Waals surface area contributed by atoms with E-state index in [-0.39, 0.29) is 6.04 Å². The summed E-state index contributed by atoms with van der Waals surface area (Å²) >= 11 is 0. The van der Waals surface area contributed by atoms with Crippen LogP contribution in [-0.2, 0) is 11.2 Å². The minimum atomic E-state index is -0.0686. The zero-order valence-electron chi connectivity index (χ0n) is 9.11. The van der Waals surface area contributed by atoms with Crippen molar-refractivity contribution in [2.24, 2.45) is 11.7 Å². The van der Waals surface area contributed by atoms with E-state index in [9.17, 15) is 0 Å². The Morgan fingerprint density at radius 1 is 1.53 bits per heavy atom. The summed E-state index contributed by atoms with van der Waals surface area (Å²) in [6.45, 7) is 3.63. The van der Waals surface area contributed by atoms with Crippen molar-refractivity contribution in [3.63, 3.8) is 0 Å². The first kappa shape index (κ1) is 10.6. The largest absolute Gasteiger partial charge is 0.444 e. The van der Waals surface area contributed by atoms with Crippen LogP contribution in [0, 0.1) is 5.92 Å². The molecule has 84 valence electrons. The van der Waals surface area contributed by atoms with E-state index in [1.54, 1.807) is 6.20 Å². The van der Waals surface area contributed by atoms with Crippen molar-refractivity contribution in [1.82, 2.24) is 4.98 Å². The maximum Gasteiger partial charge on any atom is 0.194 e. The monoisotopic (exact) mass is 210 g/mol. The van der Waals surface area contributed by atoms with Gasteiger partial charge in [0.25, 0.3) is 0 Å². The molecule has 1 aromatic rings.